The molecule has 0 aliphatic carbocycles. The van der Waals surface area contributed by atoms with E-state index in [1.54, 1.807) is 60.4 Å². The normalized spacial score (nSPS) is 17.6. The maximum Gasteiger partial charge on any atom is 0.418 e. The average molecular weight is 488 g/mol. The molecule has 0 fully saturated rings. The molecule has 0 spiro atoms. The van der Waals surface area contributed by atoms with Crippen LogP contribution in [-0.4, -0.2) is 39.4 Å². The summed E-state index contributed by atoms with van der Waals surface area (Å²) in [6, 6.07) is 12.6. The number of amides is 1. The minimum absolute atomic E-state index is 0.135. The number of anilines is 1. The van der Waals surface area contributed by atoms with Crippen LogP contribution < -0.4 is 14.4 Å². The van der Waals surface area contributed by atoms with E-state index in [4.69, 9.17) is 9.47 Å². The molecule has 176 valence electrons. The van der Waals surface area contributed by atoms with E-state index in [1.807, 2.05) is 0 Å². The summed E-state index contributed by atoms with van der Waals surface area (Å²) in [4.78, 5) is 19.3. The van der Waals surface area contributed by atoms with Gasteiger partial charge >= 0.3 is 6.18 Å². The highest BCUT2D eigenvalue weighted by atomic mass is 32.1. The van der Waals surface area contributed by atoms with Gasteiger partial charge in [0.1, 0.15) is 6.10 Å². The zero-order valence-electron chi connectivity index (χ0n) is 17.9. The third-order valence-corrected chi connectivity index (χ3v) is 6.45. The van der Waals surface area contributed by atoms with E-state index in [-0.39, 0.29) is 17.2 Å². The molecule has 1 aliphatic heterocycles. The molecule has 0 N–H and O–H groups in total. The Hall–Kier alpha value is -3.60. The minimum Gasteiger partial charge on any atom is -0.482 e. The lowest BCUT2D eigenvalue weighted by molar-refractivity contribution is -0.136. The standard InChI is InChI=1S/C23H19F3N4O3S/c1-14-20(33-17-8-3-2-7-16(17)32-14)21(31)30(13-12-29-11-5-10-27-29)22-28-19-15(23(24,25)26)6-4-9-18(19)34-22/h2-11,14,20H,12-13H2,1H3/t14-,20-/m0/s1. The van der Waals surface area contributed by atoms with Crippen LogP contribution in [0.1, 0.15) is 12.5 Å². The second-order valence-electron chi connectivity index (χ2n) is 7.71. The van der Waals surface area contributed by atoms with Gasteiger partial charge < -0.3 is 9.47 Å². The Balaban J connectivity index is 1.51. The Morgan fingerprint density at radius 2 is 1.88 bits per heavy atom. The van der Waals surface area contributed by atoms with Crippen molar-refractivity contribution in [1.29, 1.82) is 0 Å². The Morgan fingerprint density at radius 1 is 1.12 bits per heavy atom. The summed E-state index contributed by atoms with van der Waals surface area (Å²) in [7, 11) is 0. The van der Waals surface area contributed by atoms with Gasteiger partial charge in [0.15, 0.2) is 16.6 Å². The van der Waals surface area contributed by atoms with E-state index in [9.17, 15) is 18.0 Å². The molecule has 34 heavy (non-hydrogen) atoms. The van der Waals surface area contributed by atoms with E-state index in [0.29, 0.717) is 22.7 Å². The van der Waals surface area contributed by atoms with Crippen LogP contribution in [0.5, 0.6) is 11.5 Å². The van der Waals surface area contributed by atoms with Crippen molar-refractivity contribution in [2.24, 2.45) is 0 Å². The molecule has 0 saturated heterocycles. The quantitative estimate of drug-likeness (QED) is 0.405. The number of alkyl halides is 3. The van der Waals surface area contributed by atoms with Crippen molar-refractivity contribution in [3.05, 3.63) is 66.5 Å². The van der Waals surface area contributed by atoms with E-state index in [0.717, 1.165) is 17.4 Å². The number of hydrogen-bond donors (Lipinski definition) is 0. The number of rotatable bonds is 5. The second kappa shape index (κ2) is 8.64. The number of halogens is 3. The van der Waals surface area contributed by atoms with Crippen molar-refractivity contribution in [2.75, 3.05) is 11.4 Å². The Labute approximate surface area is 196 Å². The number of aromatic nitrogens is 3. The molecule has 5 rings (SSSR count). The number of benzene rings is 2. The molecule has 4 aromatic rings. The van der Waals surface area contributed by atoms with Crippen LogP contribution in [0, 0.1) is 0 Å². The molecule has 2 aromatic heterocycles. The third kappa shape index (κ3) is 4.18. The fourth-order valence-corrected chi connectivity index (χ4v) is 4.78. The Morgan fingerprint density at radius 3 is 2.59 bits per heavy atom. The van der Waals surface area contributed by atoms with Crippen molar-refractivity contribution in [1.82, 2.24) is 14.8 Å². The van der Waals surface area contributed by atoms with Crippen LogP contribution in [0.2, 0.25) is 0 Å². The molecule has 0 bridgehead atoms. The van der Waals surface area contributed by atoms with Crippen molar-refractivity contribution in [3.8, 4) is 11.5 Å². The number of thiazole rings is 1. The van der Waals surface area contributed by atoms with Crippen molar-refractivity contribution in [3.63, 3.8) is 0 Å². The van der Waals surface area contributed by atoms with E-state index in [1.165, 1.54) is 11.0 Å². The molecule has 2 aromatic carbocycles. The molecular formula is C23H19F3N4O3S. The fraction of sp³-hybridized carbons (Fsp3) is 0.261. The van der Waals surface area contributed by atoms with Gasteiger partial charge in [0.05, 0.1) is 22.3 Å². The molecule has 7 nitrogen and oxygen atoms in total. The lowest BCUT2D eigenvalue weighted by atomic mass is 10.1. The van der Waals surface area contributed by atoms with Gasteiger partial charge in [0.2, 0.25) is 6.10 Å². The van der Waals surface area contributed by atoms with E-state index in [2.05, 4.69) is 10.1 Å². The van der Waals surface area contributed by atoms with Gasteiger partial charge in [-0.1, -0.05) is 29.5 Å². The second-order valence-corrected chi connectivity index (χ2v) is 8.72. The number of hydrogen-bond acceptors (Lipinski definition) is 6. The van der Waals surface area contributed by atoms with Gasteiger partial charge in [-0.05, 0) is 37.3 Å². The Kier molecular flexibility index (Phi) is 5.64. The molecule has 1 aliphatic rings. The third-order valence-electron chi connectivity index (χ3n) is 5.41. The summed E-state index contributed by atoms with van der Waals surface area (Å²) in [5.41, 5.74) is -1.03. The first-order chi connectivity index (χ1) is 16.3. The fourth-order valence-electron chi connectivity index (χ4n) is 3.76. The highest BCUT2D eigenvalue weighted by molar-refractivity contribution is 7.22. The molecule has 1 amide bonds. The molecule has 2 atom stereocenters. The van der Waals surface area contributed by atoms with Crippen molar-refractivity contribution in [2.45, 2.75) is 31.9 Å². The summed E-state index contributed by atoms with van der Waals surface area (Å²) in [5.74, 6) is 0.494. The zero-order valence-corrected chi connectivity index (χ0v) is 18.7. The number of ether oxygens (including phenoxy) is 2. The van der Waals surface area contributed by atoms with Crippen molar-refractivity contribution < 1.29 is 27.4 Å². The summed E-state index contributed by atoms with van der Waals surface area (Å²) in [5, 5.41) is 4.30. The number of para-hydroxylation sites is 3. The lowest BCUT2D eigenvalue weighted by Crippen LogP contribution is -2.51. The van der Waals surface area contributed by atoms with Crippen molar-refractivity contribution >= 4 is 32.6 Å². The van der Waals surface area contributed by atoms with Crippen LogP contribution >= 0.6 is 11.3 Å². The van der Waals surface area contributed by atoms with Crippen LogP contribution in [0.15, 0.2) is 60.9 Å². The number of carbonyl (C=O) groups is 1. The van der Waals surface area contributed by atoms with Gasteiger partial charge in [-0.15, -0.1) is 0 Å². The molecule has 0 saturated carbocycles. The summed E-state index contributed by atoms with van der Waals surface area (Å²) >= 11 is 1.02. The molecule has 0 radical (unpaired) electrons. The van der Waals surface area contributed by atoms with E-state index < -0.39 is 29.9 Å². The zero-order chi connectivity index (χ0) is 23.9. The topological polar surface area (TPSA) is 69.5 Å². The van der Waals surface area contributed by atoms with Gasteiger partial charge in [0.25, 0.3) is 5.91 Å². The highest BCUT2D eigenvalue weighted by Crippen LogP contribution is 2.39. The van der Waals surface area contributed by atoms with Crippen LogP contribution in [-0.2, 0) is 17.5 Å². The maximum atomic E-state index is 13.7. The maximum absolute atomic E-state index is 13.7. The van der Waals surface area contributed by atoms with Gasteiger partial charge in [0, 0.05) is 18.9 Å². The largest absolute Gasteiger partial charge is 0.482 e. The monoisotopic (exact) mass is 488 g/mol. The Bertz CT molecular complexity index is 1320. The van der Waals surface area contributed by atoms with E-state index >= 15 is 0 Å². The molecule has 3 heterocycles. The molecule has 0 unspecified atom stereocenters. The number of nitrogens with zero attached hydrogens (tertiary/aromatic N) is 4. The molecule has 11 heteroatoms. The summed E-state index contributed by atoms with van der Waals surface area (Å²) < 4.78 is 54.4. The smallest absolute Gasteiger partial charge is 0.418 e. The first-order valence-electron chi connectivity index (χ1n) is 10.5. The first-order valence-corrected chi connectivity index (χ1v) is 11.3. The molecular weight excluding hydrogens is 469 g/mol. The summed E-state index contributed by atoms with van der Waals surface area (Å²) in [6.45, 7) is 2.17. The summed E-state index contributed by atoms with van der Waals surface area (Å²) in [6.07, 6.45) is -2.83. The van der Waals surface area contributed by atoms with Gasteiger partial charge in [-0.25, -0.2) is 4.98 Å². The highest BCUT2D eigenvalue weighted by Gasteiger charge is 2.39. The number of carbonyl (C=O) groups excluding carboxylic acids is 1. The van der Waals surface area contributed by atoms with Crippen LogP contribution in [0.3, 0.4) is 0 Å². The van der Waals surface area contributed by atoms with Gasteiger partial charge in [-0.2, -0.15) is 18.3 Å². The first kappa shape index (κ1) is 22.2. The minimum atomic E-state index is -4.56. The predicted molar refractivity (Wildman–Crippen MR) is 120 cm³/mol. The average Bonchev–Trinajstić information content (AvgIpc) is 3.47. The predicted octanol–water partition coefficient (Wildman–Crippen LogP) is 4.77. The lowest BCUT2D eigenvalue weighted by Gasteiger charge is -2.33. The van der Waals surface area contributed by atoms with Crippen LogP contribution in [0.25, 0.3) is 10.2 Å². The number of fused-ring (bicyclic) bond motifs is 2. The van der Waals surface area contributed by atoms with Crippen LogP contribution in [0.4, 0.5) is 18.3 Å². The van der Waals surface area contributed by atoms with Gasteiger partial charge in [-0.3, -0.25) is 14.4 Å². The SMILES string of the molecule is C[C@@H]1Oc2ccccc2O[C@@H]1C(=O)N(CCn1cccn1)c1nc2c(C(F)(F)F)cccc2s1.